The molecule has 0 aromatic heterocycles. The first kappa shape index (κ1) is 16.2. The Morgan fingerprint density at radius 3 is 2.10 bits per heavy atom. The van der Waals surface area contributed by atoms with Gasteiger partial charge in [-0.15, -0.1) is 0 Å². The molecule has 2 saturated heterocycles. The number of likely N-dealkylation sites (tertiary alicyclic amines) is 1. The van der Waals surface area contributed by atoms with Crippen LogP contribution in [0.5, 0.6) is 0 Å². The molecule has 0 atom stereocenters. The SMILES string of the molecule is NC(=O)C1CCN(C(=O)CN2CCN(CCO)CC2)CC1. The average molecular weight is 298 g/mol. The quantitative estimate of drug-likeness (QED) is 0.633. The van der Waals surface area contributed by atoms with Crippen LogP contribution in [0.4, 0.5) is 0 Å². The first-order valence-electron chi connectivity index (χ1n) is 7.73. The number of amides is 2. The Labute approximate surface area is 125 Å². The molecule has 2 fully saturated rings. The second kappa shape index (κ2) is 7.72. The molecule has 2 aliphatic rings. The third-order valence-corrected chi connectivity index (χ3v) is 4.49. The summed E-state index contributed by atoms with van der Waals surface area (Å²) in [4.78, 5) is 29.6. The van der Waals surface area contributed by atoms with Crippen molar-refractivity contribution in [3.8, 4) is 0 Å². The zero-order valence-electron chi connectivity index (χ0n) is 12.5. The van der Waals surface area contributed by atoms with Crippen molar-refractivity contribution in [2.24, 2.45) is 11.7 Å². The maximum absolute atomic E-state index is 12.3. The normalized spacial score (nSPS) is 22.4. The monoisotopic (exact) mass is 298 g/mol. The number of piperazine rings is 1. The van der Waals surface area contributed by atoms with Gasteiger partial charge in [0.25, 0.3) is 0 Å². The molecule has 2 rings (SSSR count). The number of primary amides is 1. The summed E-state index contributed by atoms with van der Waals surface area (Å²) < 4.78 is 0. The minimum absolute atomic E-state index is 0.0731. The number of rotatable bonds is 5. The fourth-order valence-corrected chi connectivity index (χ4v) is 3.02. The Hall–Kier alpha value is -1.18. The average Bonchev–Trinajstić information content (AvgIpc) is 2.49. The zero-order valence-corrected chi connectivity index (χ0v) is 12.5. The summed E-state index contributed by atoms with van der Waals surface area (Å²) in [6.45, 7) is 6.15. The number of β-amino-alcohol motifs (C(OH)–C–C–N with tert-alkyl or cyclic N) is 1. The number of nitrogens with zero attached hydrogens (tertiary/aromatic N) is 3. The van der Waals surface area contributed by atoms with E-state index < -0.39 is 0 Å². The smallest absolute Gasteiger partial charge is 0.236 e. The number of carbonyl (C=O) groups excluding carboxylic acids is 2. The third kappa shape index (κ3) is 4.66. The van der Waals surface area contributed by atoms with E-state index in [-0.39, 0.29) is 24.3 Å². The van der Waals surface area contributed by atoms with Crippen LogP contribution in [0, 0.1) is 5.92 Å². The minimum atomic E-state index is -0.248. The van der Waals surface area contributed by atoms with E-state index in [9.17, 15) is 9.59 Å². The summed E-state index contributed by atoms with van der Waals surface area (Å²) in [7, 11) is 0. The van der Waals surface area contributed by atoms with Crippen molar-refractivity contribution in [1.29, 1.82) is 0 Å². The van der Waals surface area contributed by atoms with E-state index in [4.69, 9.17) is 10.8 Å². The fraction of sp³-hybridized carbons (Fsp3) is 0.857. The largest absolute Gasteiger partial charge is 0.395 e. The van der Waals surface area contributed by atoms with Crippen molar-refractivity contribution in [3.63, 3.8) is 0 Å². The highest BCUT2D eigenvalue weighted by Gasteiger charge is 2.27. The van der Waals surface area contributed by atoms with Gasteiger partial charge < -0.3 is 15.7 Å². The number of aliphatic hydroxyl groups is 1. The number of carbonyl (C=O) groups is 2. The van der Waals surface area contributed by atoms with E-state index in [1.54, 1.807) is 0 Å². The number of nitrogens with two attached hydrogens (primary N) is 1. The fourth-order valence-electron chi connectivity index (χ4n) is 3.02. The van der Waals surface area contributed by atoms with Crippen molar-refractivity contribution < 1.29 is 14.7 Å². The van der Waals surface area contributed by atoms with Crippen molar-refractivity contribution in [2.45, 2.75) is 12.8 Å². The van der Waals surface area contributed by atoms with E-state index in [0.29, 0.717) is 39.0 Å². The molecule has 7 heteroatoms. The van der Waals surface area contributed by atoms with Gasteiger partial charge >= 0.3 is 0 Å². The lowest BCUT2D eigenvalue weighted by atomic mass is 9.96. The highest BCUT2D eigenvalue weighted by Crippen LogP contribution is 2.17. The molecule has 0 aliphatic carbocycles. The maximum Gasteiger partial charge on any atom is 0.236 e. The molecule has 0 spiro atoms. The van der Waals surface area contributed by atoms with Crippen molar-refractivity contribution in [1.82, 2.24) is 14.7 Å². The molecule has 0 aromatic carbocycles. The molecule has 0 saturated carbocycles. The van der Waals surface area contributed by atoms with Crippen LogP contribution in [0.25, 0.3) is 0 Å². The summed E-state index contributed by atoms with van der Waals surface area (Å²) in [5, 5.41) is 8.91. The molecule has 2 aliphatic heterocycles. The molecule has 3 N–H and O–H groups in total. The van der Waals surface area contributed by atoms with E-state index in [1.165, 1.54) is 0 Å². The van der Waals surface area contributed by atoms with Gasteiger partial charge in [0.15, 0.2) is 0 Å². The number of hydrogen-bond donors (Lipinski definition) is 2. The number of hydrogen-bond acceptors (Lipinski definition) is 5. The van der Waals surface area contributed by atoms with Crippen LogP contribution >= 0.6 is 0 Å². The Balaban J connectivity index is 1.70. The highest BCUT2D eigenvalue weighted by atomic mass is 16.3. The molecule has 0 aromatic rings. The van der Waals surface area contributed by atoms with Gasteiger partial charge in [0.1, 0.15) is 0 Å². The molecule has 2 amide bonds. The van der Waals surface area contributed by atoms with E-state index in [1.807, 2.05) is 4.90 Å². The van der Waals surface area contributed by atoms with Gasteiger partial charge in [-0.3, -0.25) is 19.4 Å². The van der Waals surface area contributed by atoms with Crippen LogP contribution in [0.1, 0.15) is 12.8 Å². The van der Waals surface area contributed by atoms with E-state index in [2.05, 4.69) is 9.80 Å². The molecular formula is C14H26N4O3. The first-order chi connectivity index (χ1) is 10.1. The zero-order chi connectivity index (χ0) is 15.2. The number of aliphatic hydroxyl groups excluding tert-OH is 1. The van der Waals surface area contributed by atoms with Crippen LogP contribution in [0.3, 0.4) is 0 Å². The Morgan fingerprint density at radius 2 is 1.57 bits per heavy atom. The molecule has 0 radical (unpaired) electrons. The molecule has 2 heterocycles. The summed E-state index contributed by atoms with van der Waals surface area (Å²) in [5.74, 6) is -0.174. The Kier molecular flexibility index (Phi) is 5.96. The minimum Gasteiger partial charge on any atom is -0.395 e. The molecule has 0 bridgehead atoms. The maximum atomic E-state index is 12.3. The van der Waals surface area contributed by atoms with Gasteiger partial charge in [-0.05, 0) is 12.8 Å². The summed E-state index contributed by atoms with van der Waals surface area (Å²) in [6.07, 6.45) is 1.37. The van der Waals surface area contributed by atoms with E-state index in [0.717, 1.165) is 26.2 Å². The molecule has 7 nitrogen and oxygen atoms in total. The standard InChI is InChI=1S/C14H26N4O3/c15-14(21)12-1-3-18(4-2-12)13(20)11-17-7-5-16(6-8-17)9-10-19/h12,19H,1-11H2,(H2,15,21). The summed E-state index contributed by atoms with van der Waals surface area (Å²) >= 11 is 0. The van der Waals surface area contributed by atoms with Gasteiger partial charge in [-0.25, -0.2) is 0 Å². The predicted octanol–water partition coefficient (Wildman–Crippen LogP) is -1.68. The van der Waals surface area contributed by atoms with Crippen LogP contribution in [0.15, 0.2) is 0 Å². The van der Waals surface area contributed by atoms with Crippen LogP contribution in [-0.4, -0.2) is 90.6 Å². The Bertz CT molecular complexity index is 361. The first-order valence-corrected chi connectivity index (χ1v) is 7.73. The predicted molar refractivity (Wildman–Crippen MR) is 78.5 cm³/mol. The van der Waals surface area contributed by atoms with Crippen molar-refractivity contribution >= 4 is 11.8 Å². The van der Waals surface area contributed by atoms with Crippen LogP contribution in [0.2, 0.25) is 0 Å². The van der Waals surface area contributed by atoms with Gasteiger partial charge in [0, 0.05) is 51.7 Å². The van der Waals surface area contributed by atoms with E-state index >= 15 is 0 Å². The Morgan fingerprint density at radius 1 is 1.00 bits per heavy atom. The molecule has 21 heavy (non-hydrogen) atoms. The summed E-state index contributed by atoms with van der Waals surface area (Å²) in [5.41, 5.74) is 5.30. The van der Waals surface area contributed by atoms with Crippen LogP contribution < -0.4 is 5.73 Å². The summed E-state index contributed by atoms with van der Waals surface area (Å²) in [6, 6.07) is 0. The lowest BCUT2D eigenvalue weighted by Crippen LogP contribution is -2.51. The van der Waals surface area contributed by atoms with Gasteiger partial charge in [0.05, 0.1) is 13.2 Å². The topological polar surface area (TPSA) is 90.1 Å². The lowest BCUT2D eigenvalue weighted by molar-refractivity contribution is -0.136. The second-order valence-corrected chi connectivity index (χ2v) is 5.90. The molecule has 120 valence electrons. The third-order valence-electron chi connectivity index (χ3n) is 4.49. The molecule has 0 unspecified atom stereocenters. The lowest BCUT2D eigenvalue weighted by Gasteiger charge is -2.36. The van der Waals surface area contributed by atoms with Gasteiger partial charge in [0.2, 0.25) is 11.8 Å². The highest BCUT2D eigenvalue weighted by molar-refractivity contribution is 5.80. The second-order valence-electron chi connectivity index (χ2n) is 5.90. The van der Waals surface area contributed by atoms with Crippen molar-refractivity contribution in [3.05, 3.63) is 0 Å². The molecular weight excluding hydrogens is 272 g/mol. The number of piperidine rings is 1. The van der Waals surface area contributed by atoms with Crippen LogP contribution in [-0.2, 0) is 9.59 Å². The van der Waals surface area contributed by atoms with Gasteiger partial charge in [-0.1, -0.05) is 0 Å². The van der Waals surface area contributed by atoms with Gasteiger partial charge in [-0.2, -0.15) is 0 Å². The van der Waals surface area contributed by atoms with Crippen molar-refractivity contribution in [2.75, 3.05) is 59.0 Å².